The van der Waals surface area contributed by atoms with Crippen LogP contribution in [-0.4, -0.2) is 10.9 Å². The Labute approximate surface area is 206 Å². The fraction of sp³-hybridized carbons (Fsp3) is 0. The molecule has 0 aliphatic rings. The van der Waals surface area contributed by atoms with Crippen LogP contribution in [0.2, 0.25) is 10.0 Å². The Morgan fingerprint density at radius 2 is 1.81 bits per heavy atom. The zero-order valence-corrected chi connectivity index (χ0v) is 19.9. The predicted molar refractivity (Wildman–Crippen MR) is 134 cm³/mol. The van der Waals surface area contributed by atoms with E-state index in [4.69, 9.17) is 32.0 Å². The molecule has 0 saturated heterocycles. The van der Waals surface area contributed by atoms with Crippen molar-refractivity contribution < 1.29 is 13.6 Å². The number of amides is 1. The summed E-state index contributed by atoms with van der Waals surface area (Å²) < 4.78 is 12.6. The average Bonchev–Trinajstić information content (AvgIpc) is 3.42. The topological polar surface area (TPSA) is 68.3 Å². The minimum atomic E-state index is -0.373. The summed E-state index contributed by atoms with van der Waals surface area (Å²) in [6, 6.07) is 21.5. The molecule has 0 saturated carbocycles. The molecular weight excluding hydrogens is 562 g/mol. The lowest BCUT2D eigenvalue weighted by Crippen LogP contribution is -2.10. The van der Waals surface area contributed by atoms with Crippen LogP contribution < -0.4 is 5.32 Å². The van der Waals surface area contributed by atoms with Gasteiger partial charge in [0.1, 0.15) is 11.3 Å². The number of oxazole rings is 1. The molecule has 0 aliphatic heterocycles. The van der Waals surface area contributed by atoms with E-state index in [0.717, 1.165) is 9.13 Å². The molecule has 3 aromatic carbocycles. The molecule has 2 aromatic heterocycles. The lowest BCUT2D eigenvalue weighted by atomic mass is 10.2. The van der Waals surface area contributed by atoms with E-state index in [1.54, 1.807) is 48.5 Å². The van der Waals surface area contributed by atoms with Gasteiger partial charge in [-0.25, -0.2) is 4.98 Å². The Hall–Kier alpha value is -2.81. The molecule has 0 radical (unpaired) electrons. The summed E-state index contributed by atoms with van der Waals surface area (Å²) in [7, 11) is 0. The van der Waals surface area contributed by atoms with Gasteiger partial charge in [0.15, 0.2) is 11.3 Å². The molecule has 1 N–H and O–H groups in total. The summed E-state index contributed by atoms with van der Waals surface area (Å²) in [5.74, 6) is 0.793. The van der Waals surface area contributed by atoms with E-state index in [1.807, 2.05) is 24.3 Å². The van der Waals surface area contributed by atoms with Gasteiger partial charge >= 0.3 is 0 Å². The third-order valence-electron chi connectivity index (χ3n) is 4.74. The number of hydrogen-bond acceptors (Lipinski definition) is 4. The minimum Gasteiger partial charge on any atom is -0.451 e. The summed E-state index contributed by atoms with van der Waals surface area (Å²) in [5, 5.41) is 3.98. The van der Waals surface area contributed by atoms with Gasteiger partial charge in [0.05, 0.1) is 10.6 Å². The highest BCUT2D eigenvalue weighted by Crippen LogP contribution is 2.32. The van der Waals surface area contributed by atoms with E-state index in [0.29, 0.717) is 44.0 Å². The summed E-state index contributed by atoms with van der Waals surface area (Å²) in [6.07, 6.45) is 0. The van der Waals surface area contributed by atoms with Gasteiger partial charge in [0.25, 0.3) is 5.91 Å². The molecule has 0 fully saturated rings. The first-order valence-corrected chi connectivity index (χ1v) is 11.3. The van der Waals surface area contributed by atoms with Crippen LogP contribution in [-0.2, 0) is 0 Å². The fourth-order valence-electron chi connectivity index (χ4n) is 3.23. The second-order valence-corrected chi connectivity index (χ2v) is 9.04. The van der Waals surface area contributed by atoms with E-state index < -0.39 is 0 Å². The predicted octanol–water partition coefficient (Wildman–Crippen LogP) is 7.92. The number of nitrogens with zero attached hydrogens (tertiary/aromatic N) is 1. The monoisotopic (exact) mass is 574 g/mol. The number of furan rings is 1. The van der Waals surface area contributed by atoms with Gasteiger partial charge in [-0.1, -0.05) is 35.3 Å². The number of fused-ring (bicyclic) bond motifs is 1. The smallest absolute Gasteiger partial charge is 0.291 e. The van der Waals surface area contributed by atoms with E-state index >= 15 is 0 Å². The van der Waals surface area contributed by atoms with Gasteiger partial charge in [-0.2, -0.15) is 0 Å². The molecule has 32 heavy (non-hydrogen) atoms. The molecular formula is C24H13Cl2IN2O3. The number of halogens is 3. The van der Waals surface area contributed by atoms with Crippen molar-refractivity contribution >= 4 is 68.5 Å². The first kappa shape index (κ1) is 21.1. The van der Waals surface area contributed by atoms with Crippen molar-refractivity contribution in [1.82, 2.24) is 4.98 Å². The molecule has 0 spiro atoms. The molecule has 0 bridgehead atoms. The minimum absolute atomic E-state index is 0.187. The Kier molecular flexibility index (Phi) is 5.67. The van der Waals surface area contributed by atoms with E-state index in [1.165, 1.54) is 0 Å². The van der Waals surface area contributed by atoms with Crippen LogP contribution in [0.3, 0.4) is 0 Å². The molecule has 2 heterocycles. The molecule has 0 aliphatic carbocycles. The summed E-state index contributed by atoms with van der Waals surface area (Å²) in [6.45, 7) is 0. The Bertz CT molecular complexity index is 1480. The van der Waals surface area contributed by atoms with Crippen molar-refractivity contribution in [3.8, 4) is 22.8 Å². The number of hydrogen-bond donors (Lipinski definition) is 1. The van der Waals surface area contributed by atoms with Gasteiger partial charge in [0, 0.05) is 19.8 Å². The molecule has 5 rings (SSSR count). The van der Waals surface area contributed by atoms with Crippen molar-refractivity contribution in [2.75, 3.05) is 5.32 Å². The number of benzene rings is 3. The highest BCUT2D eigenvalue weighted by Gasteiger charge is 2.15. The van der Waals surface area contributed by atoms with Crippen molar-refractivity contribution in [1.29, 1.82) is 0 Å². The number of carbonyl (C=O) groups excluding carboxylic acids is 1. The van der Waals surface area contributed by atoms with Gasteiger partial charge in [0.2, 0.25) is 5.89 Å². The van der Waals surface area contributed by atoms with Crippen molar-refractivity contribution in [2.45, 2.75) is 0 Å². The van der Waals surface area contributed by atoms with Crippen LogP contribution in [0.4, 0.5) is 5.69 Å². The van der Waals surface area contributed by atoms with Crippen LogP contribution >= 0.6 is 45.8 Å². The van der Waals surface area contributed by atoms with Crippen LogP contribution in [0, 0.1) is 3.57 Å². The molecule has 5 nitrogen and oxygen atoms in total. The lowest BCUT2D eigenvalue weighted by Gasteiger charge is -2.03. The Morgan fingerprint density at radius 3 is 2.66 bits per heavy atom. The fourth-order valence-corrected chi connectivity index (χ4v) is 4.11. The second kappa shape index (κ2) is 8.61. The first-order chi connectivity index (χ1) is 15.5. The van der Waals surface area contributed by atoms with Crippen molar-refractivity contribution in [2.24, 2.45) is 0 Å². The van der Waals surface area contributed by atoms with E-state index in [2.05, 4.69) is 32.9 Å². The maximum absolute atomic E-state index is 12.7. The highest BCUT2D eigenvalue weighted by molar-refractivity contribution is 14.1. The first-order valence-electron chi connectivity index (χ1n) is 9.49. The lowest BCUT2D eigenvalue weighted by molar-refractivity contribution is 0.0997. The second-order valence-electron chi connectivity index (χ2n) is 6.95. The molecule has 8 heteroatoms. The van der Waals surface area contributed by atoms with Crippen LogP contribution in [0.15, 0.2) is 81.6 Å². The van der Waals surface area contributed by atoms with Crippen molar-refractivity contribution in [3.63, 3.8) is 0 Å². The summed E-state index contributed by atoms with van der Waals surface area (Å²) in [5.41, 5.74) is 3.27. The molecule has 1 amide bonds. The molecule has 158 valence electrons. The van der Waals surface area contributed by atoms with Crippen LogP contribution in [0.1, 0.15) is 10.6 Å². The van der Waals surface area contributed by atoms with Gasteiger partial charge < -0.3 is 14.2 Å². The summed E-state index contributed by atoms with van der Waals surface area (Å²) in [4.78, 5) is 17.2. The number of rotatable bonds is 4. The number of aromatic nitrogens is 1. The largest absolute Gasteiger partial charge is 0.451 e. The molecule has 5 aromatic rings. The maximum atomic E-state index is 12.7. The standard InChI is InChI=1S/C24H13Cl2IN2O3/c25-14-3-1-2-13(10-14)20-8-9-22(31-20)23(30)28-16-5-7-21-19(12-16)29-24(32-21)17-11-15(27)4-6-18(17)26/h1-12H,(H,28,30). The van der Waals surface area contributed by atoms with Crippen LogP contribution in [0.25, 0.3) is 33.9 Å². The Balaban J connectivity index is 1.39. The van der Waals surface area contributed by atoms with E-state index in [-0.39, 0.29) is 11.7 Å². The third kappa shape index (κ3) is 4.26. The van der Waals surface area contributed by atoms with Crippen LogP contribution in [0.5, 0.6) is 0 Å². The molecule has 0 atom stereocenters. The third-order valence-corrected chi connectivity index (χ3v) is 5.98. The van der Waals surface area contributed by atoms with Gasteiger partial charge in [-0.15, -0.1) is 0 Å². The molecule has 0 unspecified atom stereocenters. The normalized spacial score (nSPS) is 11.1. The van der Waals surface area contributed by atoms with Crippen molar-refractivity contribution in [3.05, 3.63) is 92.2 Å². The zero-order chi connectivity index (χ0) is 22.2. The van der Waals surface area contributed by atoms with Gasteiger partial charge in [-0.05, 0) is 83.3 Å². The average molecular weight is 575 g/mol. The van der Waals surface area contributed by atoms with Gasteiger partial charge in [-0.3, -0.25) is 4.79 Å². The number of carbonyl (C=O) groups is 1. The Morgan fingerprint density at radius 1 is 0.938 bits per heavy atom. The number of nitrogens with one attached hydrogen (secondary N) is 1. The number of anilines is 1. The zero-order valence-electron chi connectivity index (χ0n) is 16.2. The maximum Gasteiger partial charge on any atom is 0.291 e. The van der Waals surface area contributed by atoms with E-state index in [9.17, 15) is 4.79 Å². The highest BCUT2D eigenvalue weighted by atomic mass is 127. The quantitative estimate of drug-likeness (QED) is 0.221. The summed E-state index contributed by atoms with van der Waals surface area (Å²) >= 11 is 14.5. The SMILES string of the molecule is O=C(Nc1ccc2oc(-c3cc(I)ccc3Cl)nc2c1)c1ccc(-c2cccc(Cl)c2)o1.